The molecule has 21 heavy (non-hydrogen) atoms. The van der Waals surface area contributed by atoms with Crippen molar-refractivity contribution in [1.82, 2.24) is 0 Å². The third-order valence-electron chi connectivity index (χ3n) is 2.69. The molecule has 0 aliphatic heterocycles. The van der Waals surface area contributed by atoms with Gasteiger partial charge in [0.2, 0.25) is 6.04 Å². The fourth-order valence-corrected chi connectivity index (χ4v) is 1.72. The van der Waals surface area contributed by atoms with Gasteiger partial charge >= 0.3 is 11.9 Å². The van der Waals surface area contributed by atoms with Gasteiger partial charge in [-0.1, -0.05) is 0 Å². The molecule has 4 N–H and O–H groups in total. The molecule has 0 bridgehead atoms. The average molecular weight is 297 g/mol. The van der Waals surface area contributed by atoms with Crippen molar-refractivity contribution in [2.75, 3.05) is 11.9 Å². The summed E-state index contributed by atoms with van der Waals surface area (Å²) in [7, 11) is 1.13. The van der Waals surface area contributed by atoms with Crippen LogP contribution in [0.2, 0.25) is 0 Å². The van der Waals surface area contributed by atoms with Crippen LogP contribution in [0, 0.1) is 10.1 Å². The molecule has 1 aromatic rings. The number of carbonyl (C=O) groups is 3. The van der Waals surface area contributed by atoms with E-state index in [1.54, 1.807) is 0 Å². The molecule has 1 unspecified atom stereocenters. The molecule has 0 saturated heterocycles. The molecule has 1 aromatic carbocycles. The fourth-order valence-electron chi connectivity index (χ4n) is 1.72. The Morgan fingerprint density at radius 1 is 1.33 bits per heavy atom. The van der Waals surface area contributed by atoms with Crippen LogP contribution in [0.25, 0.3) is 0 Å². The van der Waals surface area contributed by atoms with Crippen LogP contribution in [0.15, 0.2) is 18.2 Å². The van der Waals surface area contributed by atoms with Gasteiger partial charge in [-0.15, -0.1) is 0 Å². The first kappa shape index (κ1) is 15.9. The Labute approximate surface area is 117 Å². The van der Waals surface area contributed by atoms with Crippen LogP contribution in [0.4, 0.5) is 11.4 Å². The Kier molecular flexibility index (Phi) is 4.43. The SMILES string of the molecule is CN(c1ccc(C(=O)O)cc1[N+](=O)[O-])C(C(N)=O)C(=O)O. The zero-order chi connectivity index (χ0) is 16.3. The lowest BCUT2D eigenvalue weighted by atomic mass is 10.1. The number of rotatable bonds is 6. The number of primary amides is 1. The molecule has 0 saturated carbocycles. The molecular formula is C11H11N3O7. The second kappa shape index (κ2) is 5.86. The molecule has 0 fully saturated rings. The van der Waals surface area contributed by atoms with Crippen molar-refractivity contribution in [3.8, 4) is 0 Å². The number of hydrogen-bond acceptors (Lipinski definition) is 6. The van der Waals surface area contributed by atoms with Gasteiger partial charge in [0.15, 0.2) is 0 Å². The second-order valence-electron chi connectivity index (χ2n) is 4.02. The number of aromatic carboxylic acids is 1. The Morgan fingerprint density at radius 2 is 1.90 bits per heavy atom. The first-order chi connectivity index (χ1) is 9.66. The number of benzene rings is 1. The number of anilines is 1. The summed E-state index contributed by atoms with van der Waals surface area (Å²) in [4.78, 5) is 43.9. The molecule has 10 heteroatoms. The number of nitro groups is 1. The molecular weight excluding hydrogens is 286 g/mol. The summed E-state index contributed by atoms with van der Waals surface area (Å²) in [6, 6.07) is 1.05. The Hall–Kier alpha value is -3.17. The molecule has 0 spiro atoms. The predicted molar refractivity (Wildman–Crippen MR) is 69.1 cm³/mol. The van der Waals surface area contributed by atoms with E-state index in [-0.39, 0.29) is 11.3 Å². The van der Waals surface area contributed by atoms with Crippen LogP contribution >= 0.6 is 0 Å². The normalized spacial score (nSPS) is 11.5. The highest BCUT2D eigenvalue weighted by atomic mass is 16.6. The maximum Gasteiger partial charge on any atom is 0.336 e. The van der Waals surface area contributed by atoms with E-state index in [4.69, 9.17) is 15.9 Å². The lowest BCUT2D eigenvalue weighted by Crippen LogP contribution is -2.48. The fraction of sp³-hybridized carbons (Fsp3) is 0.182. The first-order valence-electron chi connectivity index (χ1n) is 5.43. The number of likely N-dealkylation sites (N-methyl/N-ethyl adjacent to an activating group) is 1. The monoisotopic (exact) mass is 297 g/mol. The van der Waals surface area contributed by atoms with Gasteiger partial charge in [0.05, 0.1) is 10.5 Å². The third-order valence-corrected chi connectivity index (χ3v) is 2.69. The van der Waals surface area contributed by atoms with Crippen LogP contribution in [-0.4, -0.2) is 46.1 Å². The minimum absolute atomic E-state index is 0.240. The standard InChI is InChI=1S/C11H11N3O7/c1-13(8(9(12)15)11(18)19)6-3-2-5(10(16)17)4-7(6)14(20)21/h2-4,8H,1H3,(H2,12,15)(H,16,17)(H,18,19). The van der Waals surface area contributed by atoms with E-state index in [1.807, 2.05) is 0 Å². The van der Waals surface area contributed by atoms with Gasteiger partial charge in [-0.2, -0.15) is 0 Å². The molecule has 0 aromatic heterocycles. The van der Waals surface area contributed by atoms with E-state index in [0.717, 1.165) is 30.1 Å². The van der Waals surface area contributed by atoms with Crippen LogP contribution in [0.5, 0.6) is 0 Å². The van der Waals surface area contributed by atoms with E-state index in [1.165, 1.54) is 0 Å². The number of hydrogen-bond donors (Lipinski definition) is 3. The number of carboxylic acid groups (broad SMARTS) is 2. The van der Waals surface area contributed by atoms with E-state index >= 15 is 0 Å². The predicted octanol–water partition coefficient (Wildman–Crippen LogP) is -0.332. The third kappa shape index (κ3) is 3.23. The topological polar surface area (TPSA) is 164 Å². The molecule has 0 aliphatic rings. The second-order valence-corrected chi connectivity index (χ2v) is 4.02. The number of carbonyl (C=O) groups excluding carboxylic acids is 1. The van der Waals surface area contributed by atoms with Crippen molar-refractivity contribution in [1.29, 1.82) is 0 Å². The molecule has 1 rings (SSSR count). The Balaban J connectivity index is 3.41. The van der Waals surface area contributed by atoms with Crippen molar-refractivity contribution in [2.24, 2.45) is 5.73 Å². The maximum absolute atomic E-state index is 11.1. The van der Waals surface area contributed by atoms with Crippen molar-refractivity contribution in [3.63, 3.8) is 0 Å². The van der Waals surface area contributed by atoms with Crippen molar-refractivity contribution >= 4 is 29.2 Å². The largest absolute Gasteiger partial charge is 0.479 e. The van der Waals surface area contributed by atoms with Crippen LogP contribution in [0.1, 0.15) is 10.4 Å². The number of carboxylic acids is 2. The molecule has 1 atom stereocenters. The molecule has 0 aliphatic carbocycles. The summed E-state index contributed by atoms with van der Waals surface area (Å²) in [5.74, 6) is -4.17. The molecule has 0 heterocycles. The number of nitrogens with zero attached hydrogens (tertiary/aromatic N) is 2. The minimum Gasteiger partial charge on any atom is -0.479 e. The lowest BCUT2D eigenvalue weighted by molar-refractivity contribution is -0.384. The highest BCUT2D eigenvalue weighted by molar-refractivity contribution is 6.04. The van der Waals surface area contributed by atoms with Crippen molar-refractivity contribution < 1.29 is 29.5 Å². The lowest BCUT2D eigenvalue weighted by Gasteiger charge is -2.24. The quantitative estimate of drug-likeness (QED) is 0.364. The summed E-state index contributed by atoms with van der Waals surface area (Å²) in [5.41, 5.74) is 3.72. The minimum atomic E-state index is -1.82. The molecule has 0 radical (unpaired) electrons. The number of nitrogens with two attached hydrogens (primary N) is 1. The Bertz CT molecular complexity index is 614. The molecule has 1 amide bonds. The highest BCUT2D eigenvalue weighted by Gasteiger charge is 2.32. The summed E-state index contributed by atoms with van der Waals surface area (Å²) in [6.45, 7) is 0. The smallest absolute Gasteiger partial charge is 0.336 e. The van der Waals surface area contributed by atoms with Crippen molar-refractivity contribution in [2.45, 2.75) is 6.04 Å². The zero-order valence-corrected chi connectivity index (χ0v) is 10.7. The van der Waals surface area contributed by atoms with Gasteiger partial charge in [0.25, 0.3) is 11.6 Å². The van der Waals surface area contributed by atoms with Gasteiger partial charge in [-0.3, -0.25) is 14.9 Å². The highest BCUT2D eigenvalue weighted by Crippen LogP contribution is 2.29. The molecule has 10 nitrogen and oxygen atoms in total. The summed E-state index contributed by atoms with van der Waals surface area (Å²) in [5, 5.41) is 28.7. The number of nitro benzene ring substituents is 1. The van der Waals surface area contributed by atoms with E-state index < -0.39 is 34.5 Å². The van der Waals surface area contributed by atoms with Gasteiger partial charge in [0.1, 0.15) is 5.69 Å². The van der Waals surface area contributed by atoms with Crippen LogP contribution in [0.3, 0.4) is 0 Å². The number of aliphatic carboxylic acids is 1. The summed E-state index contributed by atoms with van der Waals surface area (Å²) >= 11 is 0. The average Bonchev–Trinajstić information content (AvgIpc) is 2.36. The van der Waals surface area contributed by atoms with Gasteiger partial charge in [-0.05, 0) is 12.1 Å². The summed E-state index contributed by atoms with van der Waals surface area (Å²) in [6.07, 6.45) is 0. The van der Waals surface area contributed by atoms with Crippen LogP contribution in [-0.2, 0) is 9.59 Å². The van der Waals surface area contributed by atoms with E-state index in [9.17, 15) is 24.5 Å². The Morgan fingerprint density at radius 3 is 2.29 bits per heavy atom. The van der Waals surface area contributed by atoms with Crippen molar-refractivity contribution in [3.05, 3.63) is 33.9 Å². The van der Waals surface area contributed by atoms with Gasteiger partial charge < -0.3 is 20.8 Å². The number of amides is 1. The van der Waals surface area contributed by atoms with Gasteiger partial charge in [-0.25, -0.2) is 9.59 Å². The van der Waals surface area contributed by atoms with Crippen LogP contribution < -0.4 is 10.6 Å². The van der Waals surface area contributed by atoms with E-state index in [2.05, 4.69) is 0 Å². The zero-order valence-electron chi connectivity index (χ0n) is 10.7. The molecule has 112 valence electrons. The first-order valence-corrected chi connectivity index (χ1v) is 5.43. The van der Waals surface area contributed by atoms with Gasteiger partial charge in [0, 0.05) is 13.1 Å². The van der Waals surface area contributed by atoms with E-state index in [0.29, 0.717) is 0 Å². The summed E-state index contributed by atoms with van der Waals surface area (Å²) < 4.78 is 0. The maximum atomic E-state index is 11.1.